The van der Waals surface area contributed by atoms with E-state index in [-0.39, 0.29) is 18.4 Å². The van der Waals surface area contributed by atoms with Crippen molar-refractivity contribution in [2.24, 2.45) is 0 Å². The zero-order chi connectivity index (χ0) is 13.9. The smallest absolute Gasteiger partial charge is 0.323 e. The van der Waals surface area contributed by atoms with Crippen LogP contribution in [0.2, 0.25) is 0 Å². The Morgan fingerprint density at radius 1 is 1.39 bits per heavy atom. The summed E-state index contributed by atoms with van der Waals surface area (Å²) in [5, 5.41) is 8.77. The number of rotatable bonds is 4. The van der Waals surface area contributed by atoms with Crippen LogP contribution in [-0.4, -0.2) is 34.5 Å². The van der Waals surface area contributed by atoms with E-state index in [0.717, 1.165) is 0 Å². The molecule has 1 aromatic carbocycles. The first-order valence-corrected chi connectivity index (χ1v) is 5.62. The van der Waals surface area contributed by atoms with E-state index in [1.54, 1.807) is 20.8 Å². The molecule has 1 aromatic rings. The lowest BCUT2D eigenvalue weighted by molar-refractivity contribution is -0.138. The number of carbonyl (C=O) groups is 2. The molecule has 1 rings (SSSR count). The fraction of sp³-hybridized carbons (Fsp3) is 0.385. The van der Waals surface area contributed by atoms with Crippen molar-refractivity contribution < 1.29 is 19.1 Å². The second-order valence-corrected chi connectivity index (χ2v) is 4.38. The predicted molar refractivity (Wildman–Crippen MR) is 64.9 cm³/mol. The molecule has 0 atom stereocenters. The number of carboxylic acid groups (broad SMARTS) is 1. The average Bonchev–Trinajstić information content (AvgIpc) is 2.28. The molecule has 0 saturated carbocycles. The van der Waals surface area contributed by atoms with Crippen molar-refractivity contribution in [2.75, 3.05) is 6.54 Å². The third-order valence-electron chi connectivity index (χ3n) is 2.59. The topological polar surface area (TPSA) is 57.6 Å². The van der Waals surface area contributed by atoms with Gasteiger partial charge in [-0.1, -0.05) is 0 Å². The monoisotopic (exact) mass is 253 g/mol. The summed E-state index contributed by atoms with van der Waals surface area (Å²) in [7, 11) is 0. The van der Waals surface area contributed by atoms with E-state index in [2.05, 4.69) is 0 Å². The highest BCUT2D eigenvalue weighted by molar-refractivity contribution is 5.96. The van der Waals surface area contributed by atoms with E-state index in [1.165, 1.54) is 23.1 Å². The molecule has 0 unspecified atom stereocenters. The third-order valence-corrected chi connectivity index (χ3v) is 2.59. The highest BCUT2D eigenvalue weighted by Crippen LogP contribution is 2.13. The second-order valence-electron chi connectivity index (χ2n) is 4.38. The van der Waals surface area contributed by atoms with Gasteiger partial charge < -0.3 is 10.0 Å². The average molecular weight is 253 g/mol. The van der Waals surface area contributed by atoms with Crippen LogP contribution in [-0.2, 0) is 4.79 Å². The van der Waals surface area contributed by atoms with Crippen LogP contribution in [0.25, 0.3) is 0 Å². The molecule has 0 bridgehead atoms. The molecule has 0 spiro atoms. The molecule has 0 fully saturated rings. The summed E-state index contributed by atoms with van der Waals surface area (Å²) in [6, 6.07) is 3.76. The molecule has 0 radical (unpaired) electrons. The zero-order valence-corrected chi connectivity index (χ0v) is 10.6. The van der Waals surface area contributed by atoms with Gasteiger partial charge in [-0.2, -0.15) is 0 Å². The maximum Gasteiger partial charge on any atom is 0.323 e. The number of carbonyl (C=O) groups excluding carboxylic acids is 1. The van der Waals surface area contributed by atoms with Gasteiger partial charge in [0, 0.05) is 11.6 Å². The Morgan fingerprint density at radius 2 is 2.00 bits per heavy atom. The lowest BCUT2D eigenvalue weighted by Gasteiger charge is -2.25. The summed E-state index contributed by atoms with van der Waals surface area (Å²) in [5.41, 5.74) is 0.656. The van der Waals surface area contributed by atoms with Crippen molar-refractivity contribution >= 4 is 11.9 Å². The molecule has 0 aromatic heterocycles. The van der Waals surface area contributed by atoms with Crippen LogP contribution >= 0.6 is 0 Å². The minimum absolute atomic E-state index is 0.237. The molecule has 98 valence electrons. The molecule has 0 aliphatic carbocycles. The summed E-state index contributed by atoms with van der Waals surface area (Å²) in [6.45, 7) is 4.66. The van der Waals surface area contributed by atoms with E-state index < -0.39 is 11.9 Å². The van der Waals surface area contributed by atoms with Gasteiger partial charge in [0.05, 0.1) is 0 Å². The minimum atomic E-state index is -1.07. The molecule has 4 nitrogen and oxygen atoms in total. The lowest BCUT2D eigenvalue weighted by atomic mass is 10.1. The van der Waals surface area contributed by atoms with Crippen molar-refractivity contribution in [1.82, 2.24) is 4.90 Å². The molecular weight excluding hydrogens is 237 g/mol. The quantitative estimate of drug-likeness (QED) is 0.893. The molecule has 18 heavy (non-hydrogen) atoms. The summed E-state index contributed by atoms with van der Waals surface area (Å²) in [5.74, 6) is -1.87. The number of halogens is 1. The van der Waals surface area contributed by atoms with Crippen LogP contribution in [0, 0.1) is 12.7 Å². The summed E-state index contributed by atoms with van der Waals surface area (Å²) in [6.07, 6.45) is 0. The molecule has 5 heteroatoms. The number of hydrogen-bond acceptors (Lipinski definition) is 2. The van der Waals surface area contributed by atoms with Crippen molar-refractivity contribution in [3.05, 3.63) is 35.1 Å². The Kier molecular flexibility index (Phi) is 4.42. The van der Waals surface area contributed by atoms with Crippen LogP contribution in [0.5, 0.6) is 0 Å². The fourth-order valence-corrected chi connectivity index (χ4v) is 1.58. The predicted octanol–water partition coefficient (Wildman–Crippen LogP) is 2.07. The Balaban J connectivity index is 3.02. The van der Waals surface area contributed by atoms with Crippen LogP contribution < -0.4 is 0 Å². The number of carboxylic acids is 1. The van der Waals surface area contributed by atoms with Crippen LogP contribution in [0.15, 0.2) is 18.2 Å². The molecule has 0 aliphatic heterocycles. The van der Waals surface area contributed by atoms with Crippen molar-refractivity contribution in [3.8, 4) is 0 Å². The van der Waals surface area contributed by atoms with Gasteiger partial charge in [0.15, 0.2) is 0 Å². The van der Waals surface area contributed by atoms with Gasteiger partial charge in [-0.25, -0.2) is 4.39 Å². The maximum absolute atomic E-state index is 13.1. The zero-order valence-electron chi connectivity index (χ0n) is 10.6. The minimum Gasteiger partial charge on any atom is -0.480 e. The van der Waals surface area contributed by atoms with E-state index in [4.69, 9.17) is 5.11 Å². The number of aryl methyl sites for hydroxylation is 1. The van der Waals surface area contributed by atoms with Crippen molar-refractivity contribution in [2.45, 2.75) is 26.8 Å². The summed E-state index contributed by atoms with van der Waals surface area (Å²) < 4.78 is 13.1. The highest BCUT2D eigenvalue weighted by Gasteiger charge is 2.21. The Labute approximate surface area is 105 Å². The van der Waals surface area contributed by atoms with E-state index in [1.807, 2.05) is 0 Å². The van der Waals surface area contributed by atoms with Crippen molar-refractivity contribution in [1.29, 1.82) is 0 Å². The first kappa shape index (κ1) is 14.2. The highest BCUT2D eigenvalue weighted by atomic mass is 19.1. The van der Waals surface area contributed by atoms with E-state index in [0.29, 0.717) is 11.1 Å². The fourth-order valence-electron chi connectivity index (χ4n) is 1.58. The number of hydrogen-bond donors (Lipinski definition) is 1. The Morgan fingerprint density at radius 3 is 2.44 bits per heavy atom. The number of aliphatic carboxylic acids is 1. The van der Waals surface area contributed by atoms with Gasteiger partial charge in [-0.15, -0.1) is 0 Å². The van der Waals surface area contributed by atoms with Crippen LogP contribution in [0.1, 0.15) is 29.8 Å². The van der Waals surface area contributed by atoms with Crippen LogP contribution in [0.4, 0.5) is 4.39 Å². The number of nitrogens with zero attached hydrogens (tertiary/aromatic N) is 1. The normalized spacial score (nSPS) is 10.5. The molecule has 1 N–H and O–H groups in total. The molecule has 0 saturated heterocycles. The molecule has 0 aliphatic rings. The SMILES string of the molecule is Cc1cc(C(=O)N(CC(=O)O)C(C)C)ccc1F. The van der Waals surface area contributed by atoms with Crippen LogP contribution in [0.3, 0.4) is 0 Å². The Hall–Kier alpha value is -1.91. The summed E-state index contributed by atoms with van der Waals surface area (Å²) in [4.78, 5) is 24.1. The second kappa shape index (κ2) is 5.62. The summed E-state index contributed by atoms with van der Waals surface area (Å²) >= 11 is 0. The molecule has 0 heterocycles. The van der Waals surface area contributed by atoms with Gasteiger partial charge in [0.25, 0.3) is 5.91 Å². The van der Waals surface area contributed by atoms with Gasteiger partial charge in [0.1, 0.15) is 12.4 Å². The maximum atomic E-state index is 13.1. The largest absolute Gasteiger partial charge is 0.480 e. The molecule has 1 amide bonds. The van der Waals surface area contributed by atoms with Gasteiger partial charge >= 0.3 is 5.97 Å². The standard InChI is InChI=1S/C13H16FNO3/c1-8(2)15(7-12(16)17)13(18)10-4-5-11(14)9(3)6-10/h4-6,8H,7H2,1-3H3,(H,16,17). The molecular formula is C13H16FNO3. The lowest BCUT2D eigenvalue weighted by Crippen LogP contribution is -2.40. The van der Waals surface area contributed by atoms with E-state index >= 15 is 0 Å². The first-order chi connectivity index (χ1) is 8.32. The van der Waals surface area contributed by atoms with Gasteiger partial charge in [-0.3, -0.25) is 9.59 Å². The Bertz CT molecular complexity index is 471. The number of amides is 1. The van der Waals surface area contributed by atoms with Gasteiger partial charge in [-0.05, 0) is 44.5 Å². The van der Waals surface area contributed by atoms with E-state index in [9.17, 15) is 14.0 Å². The third kappa shape index (κ3) is 3.29. The van der Waals surface area contributed by atoms with Crippen molar-refractivity contribution in [3.63, 3.8) is 0 Å². The number of benzene rings is 1. The van der Waals surface area contributed by atoms with Gasteiger partial charge in [0.2, 0.25) is 0 Å². The first-order valence-electron chi connectivity index (χ1n) is 5.62.